The Morgan fingerprint density at radius 3 is 2.86 bits per heavy atom. The Morgan fingerprint density at radius 2 is 2.14 bits per heavy atom. The average molecular weight is 190 g/mol. The van der Waals surface area contributed by atoms with Crippen molar-refractivity contribution in [3.05, 3.63) is 18.6 Å². The average Bonchev–Trinajstić information content (AvgIpc) is 2.49. The Hall–Kier alpha value is -1.58. The summed E-state index contributed by atoms with van der Waals surface area (Å²) in [6, 6.07) is 2.36. The van der Waals surface area contributed by atoms with Crippen LogP contribution in [-0.4, -0.2) is 20.6 Å². The van der Waals surface area contributed by atoms with Gasteiger partial charge in [-0.25, -0.2) is 9.97 Å². The molecule has 0 radical (unpaired) electrons. The predicted molar refractivity (Wildman–Crippen MR) is 57.3 cm³/mol. The first-order chi connectivity index (χ1) is 6.68. The van der Waals surface area contributed by atoms with Gasteiger partial charge in [-0.3, -0.25) is 0 Å². The van der Waals surface area contributed by atoms with E-state index >= 15 is 0 Å². The van der Waals surface area contributed by atoms with Crippen LogP contribution in [0.1, 0.15) is 13.8 Å². The quantitative estimate of drug-likeness (QED) is 0.785. The Morgan fingerprint density at radius 1 is 1.36 bits per heavy atom. The van der Waals surface area contributed by atoms with Crippen LogP contribution in [0, 0.1) is 0 Å². The molecule has 4 heteroatoms. The van der Waals surface area contributed by atoms with Crippen molar-refractivity contribution < 1.29 is 0 Å². The van der Waals surface area contributed by atoms with Gasteiger partial charge < -0.3 is 9.88 Å². The van der Waals surface area contributed by atoms with Crippen molar-refractivity contribution in [1.82, 2.24) is 14.5 Å². The second kappa shape index (κ2) is 3.29. The fourth-order valence-electron chi connectivity index (χ4n) is 1.45. The van der Waals surface area contributed by atoms with E-state index < -0.39 is 0 Å². The maximum atomic E-state index is 4.31. The first-order valence-electron chi connectivity index (χ1n) is 4.71. The molecule has 1 N–H and O–H groups in total. The Balaban J connectivity index is 2.54. The van der Waals surface area contributed by atoms with Crippen molar-refractivity contribution in [2.24, 2.45) is 7.05 Å². The molecule has 74 valence electrons. The van der Waals surface area contributed by atoms with Crippen molar-refractivity contribution >= 4 is 16.9 Å². The van der Waals surface area contributed by atoms with Crippen LogP contribution in [0.2, 0.25) is 0 Å². The van der Waals surface area contributed by atoms with E-state index in [9.17, 15) is 0 Å². The lowest BCUT2D eigenvalue weighted by Gasteiger charge is -2.09. The molecule has 0 aliphatic carbocycles. The van der Waals surface area contributed by atoms with Crippen LogP contribution in [-0.2, 0) is 7.05 Å². The molecule has 0 unspecified atom stereocenters. The topological polar surface area (TPSA) is 42.7 Å². The number of nitrogens with one attached hydrogen (secondary N) is 1. The lowest BCUT2D eigenvalue weighted by atomic mass is 10.3. The monoisotopic (exact) mass is 190 g/mol. The largest absolute Gasteiger partial charge is 0.381 e. The van der Waals surface area contributed by atoms with Gasteiger partial charge in [-0.1, -0.05) is 0 Å². The van der Waals surface area contributed by atoms with E-state index in [-0.39, 0.29) is 0 Å². The fourth-order valence-corrected chi connectivity index (χ4v) is 1.45. The minimum Gasteiger partial charge on any atom is -0.381 e. The highest BCUT2D eigenvalue weighted by molar-refractivity contribution is 5.85. The van der Waals surface area contributed by atoms with E-state index in [0.717, 1.165) is 16.9 Å². The zero-order valence-corrected chi connectivity index (χ0v) is 8.65. The summed E-state index contributed by atoms with van der Waals surface area (Å²) in [5.41, 5.74) is 2.89. The summed E-state index contributed by atoms with van der Waals surface area (Å²) in [5.74, 6) is 0. The number of pyridine rings is 1. The Labute approximate surface area is 83.0 Å². The van der Waals surface area contributed by atoms with Gasteiger partial charge in [-0.05, 0) is 19.9 Å². The van der Waals surface area contributed by atoms with Gasteiger partial charge in [0.25, 0.3) is 0 Å². The van der Waals surface area contributed by atoms with Crippen LogP contribution in [0.4, 0.5) is 5.69 Å². The molecular weight excluding hydrogens is 176 g/mol. The molecule has 2 aromatic heterocycles. The van der Waals surface area contributed by atoms with Crippen LogP contribution in [0.5, 0.6) is 0 Å². The number of rotatable bonds is 2. The molecule has 0 bridgehead atoms. The number of fused-ring (bicyclic) bond motifs is 1. The molecule has 2 aromatic rings. The van der Waals surface area contributed by atoms with Crippen LogP contribution >= 0.6 is 0 Å². The smallest absolute Gasteiger partial charge is 0.161 e. The first kappa shape index (κ1) is 8.99. The van der Waals surface area contributed by atoms with Gasteiger partial charge in [0, 0.05) is 19.3 Å². The van der Waals surface area contributed by atoms with Crippen LogP contribution in [0.3, 0.4) is 0 Å². The molecule has 2 rings (SSSR count). The van der Waals surface area contributed by atoms with E-state index in [2.05, 4.69) is 29.1 Å². The lowest BCUT2D eigenvalue weighted by molar-refractivity contribution is 0.900. The van der Waals surface area contributed by atoms with Crippen molar-refractivity contribution in [3.8, 4) is 0 Å². The number of hydrogen-bond donors (Lipinski definition) is 1. The molecule has 0 aromatic carbocycles. The van der Waals surface area contributed by atoms with Crippen LogP contribution in [0.25, 0.3) is 11.2 Å². The minimum atomic E-state index is 0.405. The number of aryl methyl sites for hydroxylation is 1. The molecule has 0 saturated carbocycles. The van der Waals surface area contributed by atoms with E-state index in [4.69, 9.17) is 0 Å². The van der Waals surface area contributed by atoms with Gasteiger partial charge in [0.15, 0.2) is 5.65 Å². The normalized spacial score (nSPS) is 11.1. The van der Waals surface area contributed by atoms with Crippen molar-refractivity contribution in [2.45, 2.75) is 19.9 Å². The van der Waals surface area contributed by atoms with Gasteiger partial charge in [0.1, 0.15) is 5.52 Å². The standard InChI is InChI=1S/C10H14N4/c1-7(2)13-8-4-5-11-10-9(8)12-6-14(10)3/h4-7H,1-3H3,(H,11,13). The summed E-state index contributed by atoms with van der Waals surface area (Å²) in [5, 5.41) is 3.35. The van der Waals surface area contributed by atoms with Crippen molar-refractivity contribution in [1.29, 1.82) is 0 Å². The summed E-state index contributed by atoms with van der Waals surface area (Å²) >= 11 is 0. The molecule has 0 spiro atoms. The highest BCUT2D eigenvalue weighted by Gasteiger charge is 2.06. The summed E-state index contributed by atoms with van der Waals surface area (Å²) in [6.45, 7) is 4.21. The third-order valence-electron chi connectivity index (χ3n) is 2.04. The minimum absolute atomic E-state index is 0.405. The predicted octanol–water partition coefficient (Wildman–Crippen LogP) is 1.79. The maximum absolute atomic E-state index is 4.31. The van der Waals surface area contributed by atoms with Crippen LogP contribution < -0.4 is 5.32 Å². The molecule has 14 heavy (non-hydrogen) atoms. The fraction of sp³-hybridized carbons (Fsp3) is 0.400. The summed E-state index contributed by atoms with van der Waals surface area (Å²) < 4.78 is 1.92. The zero-order chi connectivity index (χ0) is 10.1. The molecule has 0 saturated heterocycles. The second-order valence-electron chi connectivity index (χ2n) is 3.69. The van der Waals surface area contributed by atoms with Gasteiger partial charge in [-0.15, -0.1) is 0 Å². The van der Waals surface area contributed by atoms with Gasteiger partial charge in [-0.2, -0.15) is 0 Å². The first-order valence-corrected chi connectivity index (χ1v) is 4.71. The lowest BCUT2D eigenvalue weighted by Crippen LogP contribution is -2.10. The summed E-state index contributed by atoms with van der Waals surface area (Å²) in [7, 11) is 1.95. The van der Waals surface area contributed by atoms with Crippen molar-refractivity contribution in [2.75, 3.05) is 5.32 Å². The third-order valence-corrected chi connectivity index (χ3v) is 2.04. The van der Waals surface area contributed by atoms with E-state index in [0.29, 0.717) is 6.04 Å². The number of nitrogens with zero attached hydrogens (tertiary/aromatic N) is 3. The molecule has 0 aliphatic rings. The van der Waals surface area contributed by atoms with E-state index in [1.807, 2.05) is 17.7 Å². The molecular formula is C10H14N4. The molecule has 4 nitrogen and oxygen atoms in total. The zero-order valence-electron chi connectivity index (χ0n) is 8.65. The maximum Gasteiger partial charge on any atom is 0.161 e. The highest BCUT2D eigenvalue weighted by atomic mass is 15.1. The van der Waals surface area contributed by atoms with E-state index in [1.165, 1.54) is 0 Å². The van der Waals surface area contributed by atoms with Crippen LogP contribution in [0.15, 0.2) is 18.6 Å². The summed E-state index contributed by atoms with van der Waals surface area (Å²) in [6.07, 6.45) is 3.58. The van der Waals surface area contributed by atoms with E-state index in [1.54, 1.807) is 12.5 Å². The molecule has 0 aliphatic heterocycles. The van der Waals surface area contributed by atoms with Crippen molar-refractivity contribution in [3.63, 3.8) is 0 Å². The van der Waals surface area contributed by atoms with Gasteiger partial charge in [0.05, 0.1) is 12.0 Å². The Kier molecular flexibility index (Phi) is 2.11. The number of imidazole rings is 1. The number of aromatic nitrogens is 3. The highest BCUT2D eigenvalue weighted by Crippen LogP contribution is 2.19. The SMILES string of the molecule is CC(C)Nc1ccnc2c1ncn2C. The second-order valence-corrected chi connectivity index (χ2v) is 3.69. The number of hydrogen-bond acceptors (Lipinski definition) is 3. The third kappa shape index (κ3) is 1.43. The molecule has 2 heterocycles. The number of anilines is 1. The van der Waals surface area contributed by atoms with Gasteiger partial charge >= 0.3 is 0 Å². The van der Waals surface area contributed by atoms with Gasteiger partial charge in [0.2, 0.25) is 0 Å². The molecule has 0 atom stereocenters. The Bertz CT molecular complexity index is 444. The summed E-state index contributed by atoms with van der Waals surface area (Å²) in [4.78, 5) is 8.58. The molecule has 0 fully saturated rings. The molecule has 0 amide bonds.